The molecule has 0 N–H and O–H groups in total. The van der Waals surface area contributed by atoms with E-state index in [0.29, 0.717) is 0 Å². The lowest BCUT2D eigenvalue weighted by atomic mass is 9.67. The second kappa shape index (κ2) is 11.9. The molecule has 10 aromatic carbocycles. The Kier molecular flexibility index (Phi) is 6.62. The average Bonchev–Trinajstić information content (AvgIpc) is 3.77. The summed E-state index contributed by atoms with van der Waals surface area (Å²) >= 11 is 0. The zero-order chi connectivity index (χ0) is 36.8. The van der Waals surface area contributed by atoms with E-state index in [2.05, 4.69) is 206 Å². The van der Waals surface area contributed by atoms with Crippen molar-refractivity contribution >= 4 is 54.3 Å². The van der Waals surface area contributed by atoms with Gasteiger partial charge in [-0.25, -0.2) is 0 Å². The Morgan fingerprint density at radius 2 is 0.821 bits per heavy atom. The first-order valence-corrected chi connectivity index (χ1v) is 19.4. The Hall–Kier alpha value is -7.22. The molecule has 0 saturated carbocycles. The molecule has 1 nitrogen and oxygen atoms in total. The smallest absolute Gasteiger partial charge is 0.135 e. The van der Waals surface area contributed by atoms with Gasteiger partial charge in [0.25, 0.3) is 0 Å². The Balaban J connectivity index is 1.11. The predicted molar refractivity (Wildman–Crippen MR) is 234 cm³/mol. The van der Waals surface area contributed by atoms with Crippen LogP contribution in [0.3, 0.4) is 0 Å². The van der Waals surface area contributed by atoms with Crippen LogP contribution >= 0.6 is 0 Å². The van der Waals surface area contributed by atoms with E-state index in [4.69, 9.17) is 4.42 Å². The fourth-order valence-corrected chi connectivity index (χ4v) is 9.96. The molecule has 0 saturated heterocycles. The molecule has 0 fully saturated rings. The van der Waals surface area contributed by atoms with Crippen LogP contribution in [0.1, 0.15) is 22.3 Å². The molecule has 1 aromatic heterocycles. The third-order valence-corrected chi connectivity index (χ3v) is 12.3. The van der Waals surface area contributed by atoms with Gasteiger partial charge in [-0.2, -0.15) is 0 Å². The summed E-state index contributed by atoms with van der Waals surface area (Å²) in [6.45, 7) is 0. The maximum absolute atomic E-state index is 6.82. The van der Waals surface area contributed by atoms with Gasteiger partial charge in [0.15, 0.2) is 0 Å². The monoisotopic (exact) mass is 710 g/mol. The van der Waals surface area contributed by atoms with Crippen LogP contribution in [0.2, 0.25) is 0 Å². The standard InChI is InChI=1S/C55H34O/c1-3-17-39(18-4-1)55(40-19-5-2-6-20-40)49-26-14-13-21-41(49)46-33-48-47-32-38(29-30-51(47)56-52(48)34-50(46)55)54-44-24-11-9-22-42(44)53(43-23-10-12-25-45(43)54)37-28-27-35-15-7-8-16-36(35)31-37/h1-34H. The summed E-state index contributed by atoms with van der Waals surface area (Å²) in [6, 6.07) is 75.7. The van der Waals surface area contributed by atoms with Crippen molar-refractivity contribution in [3.63, 3.8) is 0 Å². The van der Waals surface area contributed by atoms with Gasteiger partial charge in [0.2, 0.25) is 0 Å². The molecule has 0 unspecified atom stereocenters. The Bertz CT molecular complexity index is 3250. The van der Waals surface area contributed by atoms with Gasteiger partial charge in [0, 0.05) is 10.8 Å². The lowest BCUT2D eigenvalue weighted by Gasteiger charge is -2.33. The van der Waals surface area contributed by atoms with Gasteiger partial charge in [0.05, 0.1) is 5.41 Å². The molecule has 12 rings (SSSR count). The van der Waals surface area contributed by atoms with Crippen molar-refractivity contribution in [2.45, 2.75) is 5.41 Å². The molecule has 0 aliphatic heterocycles. The van der Waals surface area contributed by atoms with Gasteiger partial charge in [-0.05, 0) is 118 Å². The lowest BCUT2D eigenvalue weighted by Crippen LogP contribution is -2.28. The number of benzene rings is 10. The molecule has 1 aliphatic carbocycles. The first-order valence-electron chi connectivity index (χ1n) is 19.4. The van der Waals surface area contributed by atoms with Gasteiger partial charge >= 0.3 is 0 Å². The number of hydrogen-bond donors (Lipinski definition) is 0. The normalized spacial score (nSPS) is 13.1. The molecule has 260 valence electrons. The second-order valence-corrected chi connectivity index (χ2v) is 15.1. The summed E-state index contributed by atoms with van der Waals surface area (Å²) in [5.74, 6) is 0. The van der Waals surface area contributed by atoms with E-state index in [1.807, 2.05) is 0 Å². The van der Waals surface area contributed by atoms with E-state index >= 15 is 0 Å². The Labute approximate surface area is 324 Å². The van der Waals surface area contributed by atoms with Crippen LogP contribution < -0.4 is 0 Å². The summed E-state index contributed by atoms with van der Waals surface area (Å²) in [4.78, 5) is 0. The van der Waals surface area contributed by atoms with Crippen LogP contribution in [0.15, 0.2) is 211 Å². The Morgan fingerprint density at radius 3 is 1.48 bits per heavy atom. The largest absolute Gasteiger partial charge is 0.456 e. The highest BCUT2D eigenvalue weighted by Gasteiger charge is 2.46. The zero-order valence-corrected chi connectivity index (χ0v) is 30.5. The predicted octanol–water partition coefficient (Wildman–Crippen LogP) is 14.7. The molecule has 0 amide bonds. The molecule has 1 aliphatic rings. The lowest BCUT2D eigenvalue weighted by molar-refractivity contribution is 0.666. The van der Waals surface area contributed by atoms with Crippen molar-refractivity contribution in [3.05, 3.63) is 229 Å². The number of fused-ring (bicyclic) bond motifs is 9. The number of hydrogen-bond acceptors (Lipinski definition) is 1. The van der Waals surface area contributed by atoms with Crippen molar-refractivity contribution in [1.82, 2.24) is 0 Å². The maximum Gasteiger partial charge on any atom is 0.135 e. The minimum atomic E-state index is -0.475. The van der Waals surface area contributed by atoms with Crippen molar-refractivity contribution in [1.29, 1.82) is 0 Å². The van der Waals surface area contributed by atoms with Crippen molar-refractivity contribution in [3.8, 4) is 33.4 Å². The van der Waals surface area contributed by atoms with Crippen molar-refractivity contribution < 1.29 is 4.42 Å². The third-order valence-electron chi connectivity index (χ3n) is 12.3. The van der Waals surface area contributed by atoms with E-state index in [-0.39, 0.29) is 0 Å². The van der Waals surface area contributed by atoms with Crippen molar-refractivity contribution in [2.24, 2.45) is 0 Å². The van der Waals surface area contributed by atoms with Gasteiger partial charge in [-0.1, -0.05) is 176 Å². The van der Waals surface area contributed by atoms with Crippen LogP contribution in [0.25, 0.3) is 87.6 Å². The fraction of sp³-hybridized carbons (Fsp3) is 0.0182. The van der Waals surface area contributed by atoms with Gasteiger partial charge in [-0.15, -0.1) is 0 Å². The second-order valence-electron chi connectivity index (χ2n) is 15.1. The minimum Gasteiger partial charge on any atom is -0.456 e. The quantitative estimate of drug-likeness (QED) is 0.166. The van der Waals surface area contributed by atoms with Crippen LogP contribution in [0.4, 0.5) is 0 Å². The van der Waals surface area contributed by atoms with E-state index in [1.54, 1.807) is 0 Å². The summed E-state index contributed by atoms with van der Waals surface area (Å²) in [5.41, 5.74) is 13.8. The van der Waals surface area contributed by atoms with Crippen LogP contribution in [-0.4, -0.2) is 0 Å². The number of furan rings is 1. The average molecular weight is 711 g/mol. The first kappa shape index (κ1) is 31.2. The SMILES string of the molecule is c1ccc(C2(c3ccccc3)c3ccccc3-c3cc4c(cc32)oc2ccc(-c3c5ccccc5c(-c5ccc6ccccc6c5)c5ccccc35)cc24)cc1. The molecular weight excluding hydrogens is 677 g/mol. The van der Waals surface area contributed by atoms with E-state index in [9.17, 15) is 0 Å². The van der Waals surface area contributed by atoms with Crippen molar-refractivity contribution in [2.75, 3.05) is 0 Å². The van der Waals surface area contributed by atoms with Crippen LogP contribution in [0, 0.1) is 0 Å². The molecule has 0 bridgehead atoms. The highest BCUT2D eigenvalue weighted by molar-refractivity contribution is 6.22. The summed E-state index contributed by atoms with van der Waals surface area (Å²) < 4.78 is 6.82. The molecule has 11 aromatic rings. The molecule has 0 spiro atoms. The molecule has 0 radical (unpaired) electrons. The third kappa shape index (κ3) is 4.31. The summed E-state index contributed by atoms with van der Waals surface area (Å²) in [7, 11) is 0. The zero-order valence-electron chi connectivity index (χ0n) is 30.5. The molecular formula is C55H34O. The topological polar surface area (TPSA) is 13.1 Å². The fourth-order valence-electron chi connectivity index (χ4n) is 9.96. The summed E-state index contributed by atoms with van der Waals surface area (Å²) in [6.07, 6.45) is 0. The van der Waals surface area contributed by atoms with E-state index in [0.717, 1.165) is 21.9 Å². The summed E-state index contributed by atoms with van der Waals surface area (Å²) in [5, 5.41) is 9.75. The van der Waals surface area contributed by atoms with Gasteiger partial charge in [0.1, 0.15) is 11.2 Å². The number of rotatable bonds is 4. The van der Waals surface area contributed by atoms with E-state index < -0.39 is 5.41 Å². The molecule has 1 heterocycles. The maximum atomic E-state index is 6.82. The van der Waals surface area contributed by atoms with Crippen LogP contribution in [-0.2, 0) is 5.41 Å². The highest BCUT2D eigenvalue weighted by atomic mass is 16.3. The highest BCUT2D eigenvalue weighted by Crippen LogP contribution is 2.57. The Morgan fingerprint density at radius 1 is 0.304 bits per heavy atom. The first-order chi connectivity index (χ1) is 27.8. The molecule has 56 heavy (non-hydrogen) atoms. The molecule has 1 heteroatoms. The van der Waals surface area contributed by atoms with Gasteiger partial charge in [-0.3, -0.25) is 0 Å². The minimum absolute atomic E-state index is 0.475. The van der Waals surface area contributed by atoms with Crippen LogP contribution in [0.5, 0.6) is 0 Å². The molecule has 0 atom stereocenters. The van der Waals surface area contributed by atoms with Gasteiger partial charge < -0.3 is 4.42 Å². The van der Waals surface area contributed by atoms with E-state index in [1.165, 1.54) is 88.0 Å².